The van der Waals surface area contributed by atoms with Crippen LogP contribution in [0.15, 0.2) is 78.0 Å². The number of nitrogens with zero attached hydrogens (tertiary/aromatic N) is 4. The minimum atomic E-state index is 0.0347. The van der Waals surface area contributed by atoms with E-state index in [-0.39, 0.29) is 5.91 Å². The average Bonchev–Trinajstić information content (AvgIpc) is 3.19. The number of aromatic nitrogens is 3. The van der Waals surface area contributed by atoms with Crippen LogP contribution in [0.5, 0.6) is 0 Å². The number of hydrogen-bond donors (Lipinski definition) is 0. The molecule has 0 fully saturated rings. The molecule has 0 N–H and O–H groups in total. The molecular formula is C24H24N4OS. The molecular weight excluding hydrogens is 392 g/mol. The summed E-state index contributed by atoms with van der Waals surface area (Å²) in [5.74, 6) is 1.27. The number of anilines is 1. The molecule has 152 valence electrons. The molecule has 0 spiro atoms. The zero-order chi connectivity index (χ0) is 20.9. The number of fused-ring (bicyclic) bond motifs is 1. The van der Waals surface area contributed by atoms with Gasteiger partial charge in [-0.1, -0.05) is 72.4 Å². The summed E-state index contributed by atoms with van der Waals surface area (Å²) >= 11 is 1.44. The van der Waals surface area contributed by atoms with Crippen molar-refractivity contribution in [2.45, 2.75) is 25.0 Å². The summed E-state index contributed by atoms with van der Waals surface area (Å²) in [6.45, 7) is 2.84. The predicted molar refractivity (Wildman–Crippen MR) is 123 cm³/mol. The molecule has 6 heteroatoms. The van der Waals surface area contributed by atoms with E-state index < -0.39 is 0 Å². The maximum absolute atomic E-state index is 12.6. The Morgan fingerprint density at radius 1 is 0.967 bits per heavy atom. The first-order chi connectivity index (χ1) is 14.7. The second-order valence-corrected chi connectivity index (χ2v) is 7.98. The van der Waals surface area contributed by atoms with Crippen LogP contribution >= 0.6 is 11.8 Å². The van der Waals surface area contributed by atoms with Gasteiger partial charge in [-0.3, -0.25) is 4.79 Å². The van der Waals surface area contributed by atoms with Gasteiger partial charge in [-0.05, 0) is 35.4 Å². The first-order valence-corrected chi connectivity index (χ1v) is 11.0. The molecule has 0 unspecified atom stereocenters. The van der Waals surface area contributed by atoms with Crippen LogP contribution in [0.2, 0.25) is 0 Å². The first kappa shape index (κ1) is 20.2. The first-order valence-electron chi connectivity index (χ1n) is 10.0. The summed E-state index contributed by atoms with van der Waals surface area (Å²) in [7, 11) is 1.80. The molecule has 0 aliphatic carbocycles. The van der Waals surface area contributed by atoms with Crippen LogP contribution in [-0.4, -0.2) is 33.5 Å². The lowest BCUT2D eigenvalue weighted by atomic mass is 10.0. The van der Waals surface area contributed by atoms with E-state index in [0.29, 0.717) is 12.2 Å². The van der Waals surface area contributed by atoms with Crippen LogP contribution in [0.25, 0.3) is 10.8 Å². The maximum atomic E-state index is 12.6. The van der Waals surface area contributed by atoms with Crippen LogP contribution in [0.1, 0.15) is 18.3 Å². The van der Waals surface area contributed by atoms with Gasteiger partial charge in [-0.15, -0.1) is 10.2 Å². The lowest BCUT2D eigenvalue weighted by Crippen LogP contribution is -2.28. The van der Waals surface area contributed by atoms with Gasteiger partial charge in [-0.2, -0.15) is 0 Å². The Hall–Kier alpha value is -3.12. The Balaban J connectivity index is 1.49. The molecule has 3 aromatic carbocycles. The van der Waals surface area contributed by atoms with E-state index in [1.165, 1.54) is 28.1 Å². The van der Waals surface area contributed by atoms with Crippen LogP contribution in [-0.2, 0) is 17.8 Å². The van der Waals surface area contributed by atoms with Crippen molar-refractivity contribution < 1.29 is 4.79 Å². The van der Waals surface area contributed by atoms with Crippen molar-refractivity contribution in [1.82, 2.24) is 14.8 Å². The number of benzene rings is 3. The normalized spacial score (nSPS) is 11.0. The lowest BCUT2D eigenvalue weighted by molar-refractivity contribution is -0.115. The Labute approximate surface area is 180 Å². The Morgan fingerprint density at radius 2 is 1.70 bits per heavy atom. The van der Waals surface area contributed by atoms with Crippen LogP contribution in [0.4, 0.5) is 5.69 Å². The fraction of sp³-hybridized carbons (Fsp3) is 0.208. The van der Waals surface area contributed by atoms with E-state index in [9.17, 15) is 4.79 Å². The van der Waals surface area contributed by atoms with Crippen molar-refractivity contribution >= 4 is 34.1 Å². The van der Waals surface area contributed by atoms with Gasteiger partial charge in [-0.25, -0.2) is 0 Å². The third-order valence-electron chi connectivity index (χ3n) is 5.18. The van der Waals surface area contributed by atoms with Gasteiger partial charge in [0.25, 0.3) is 0 Å². The Bertz CT molecular complexity index is 1150. The Kier molecular flexibility index (Phi) is 6.14. The molecule has 0 saturated heterocycles. The monoisotopic (exact) mass is 416 g/mol. The smallest absolute Gasteiger partial charge is 0.237 e. The van der Waals surface area contributed by atoms with Gasteiger partial charge in [0.2, 0.25) is 5.91 Å². The highest BCUT2D eigenvalue weighted by Crippen LogP contribution is 2.24. The molecule has 30 heavy (non-hydrogen) atoms. The highest BCUT2D eigenvalue weighted by atomic mass is 32.2. The summed E-state index contributed by atoms with van der Waals surface area (Å²) in [5, 5.41) is 12.0. The fourth-order valence-electron chi connectivity index (χ4n) is 3.51. The van der Waals surface area contributed by atoms with Crippen molar-refractivity contribution in [3.8, 4) is 0 Å². The molecule has 0 saturated carbocycles. The number of rotatable bonds is 7. The number of carbonyl (C=O) groups excluding carboxylic acids is 1. The summed E-state index contributed by atoms with van der Waals surface area (Å²) in [6.07, 6.45) is 0.709. The topological polar surface area (TPSA) is 51.0 Å². The summed E-state index contributed by atoms with van der Waals surface area (Å²) in [5.41, 5.74) is 2.11. The average molecular weight is 417 g/mol. The van der Waals surface area contributed by atoms with E-state index in [4.69, 9.17) is 0 Å². The van der Waals surface area contributed by atoms with Gasteiger partial charge < -0.3 is 9.47 Å². The van der Waals surface area contributed by atoms with E-state index in [1.54, 1.807) is 11.9 Å². The third-order valence-corrected chi connectivity index (χ3v) is 6.13. The Morgan fingerprint density at radius 3 is 2.50 bits per heavy atom. The number of carbonyl (C=O) groups is 1. The largest absolute Gasteiger partial charge is 0.315 e. The number of para-hydroxylation sites is 1. The second-order valence-electron chi connectivity index (χ2n) is 7.04. The highest BCUT2D eigenvalue weighted by Gasteiger charge is 2.16. The van der Waals surface area contributed by atoms with Crippen LogP contribution < -0.4 is 4.90 Å². The number of amides is 1. The molecule has 5 nitrogen and oxygen atoms in total. The summed E-state index contributed by atoms with van der Waals surface area (Å²) in [4.78, 5) is 14.3. The fourth-order valence-corrected chi connectivity index (χ4v) is 4.44. The summed E-state index contributed by atoms with van der Waals surface area (Å²) < 4.78 is 2.10. The van der Waals surface area contributed by atoms with Crippen LogP contribution in [0, 0.1) is 0 Å². The zero-order valence-corrected chi connectivity index (χ0v) is 18.0. The predicted octanol–water partition coefficient (Wildman–Crippen LogP) is 4.80. The van der Waals surface area contributed by atoms with E-state index in [2.05, 4.69) is 64.2 Å². The quantitative estimate of drug-likeness (QED) is 0.406. The molecule has 4 rings (SSSR count). The molecule has 0 aliphatic rings. The van der Waals surface area contributed by atoms with E-state index in [1.807, 2.05) is 30.3 Å². The van der Waals surface area contributed by atoms with Gasteiger partial charge in [0.15, 0.2) is 5.16 Å². The zero-order valence-electron chi connectivity index (χ0n) is 17.2. The van der Waals surface area contributed by atoms with Gasteiger partial charge in [0, 0.05) is 25.7 Å². The molecule has 1 amide bonds. The SMILES string of the molecule is CCn1c(Cc2cccc3ccccc23)nnc1SCC(=O)N(C)c1ccccc1. The molecule has 0 bridgehead atoms. The van der Waals surface area contributed by atoms with E-state index >= 15 is 0 Å². The van der Waals surface area contributed by atoms with Gasteiger partial charge in [0.05, 0.1) is 5.75 Å². The van der Waals surface area contributed by atoms with Crippen molar-refractivity contribution in [1.29, 1.82) is 0 Å². The van der Waals surface area contributed by atoms with Gasteiger partial charge >= 0.3 is 0 Å². The maximum Gasteiger partial charge on any atom is 0.237 e. The van der Waals surface area contributed by atoms with Crippen LogP contribution in [0.3, 0.4) is 0 Å². The molecule has 0 aliphatic heterocycles. The number of thioether (sulfide) groups is 1. The van der Waals surface area contributed by atoms with Crippen molar-refractivity contribution in [3.63, 3.8) is 0 Å². The second kappa shape index (κ2) is 9.13. The number of hydrogen-bond acceptors (Lipinski definition) is 4. The van der Waals surface area contributed by atoms with E-state index in [0.717, 1.165) is 23.2 Å². The third kappa shape index (κ3) is 4.24. The molecule has 1 heterocycles. The van der Waals surface area contributed by atoms with Crippen molar-refractivity contribution in [2.24, 2.45) is 0 Å². The molecule has 0 atom stereocenters. The minimum Gasteiger partial charge on any atom is -0.315 e. The summed E-state index contributed by atoms with van der Waals surface area (Å²) in [6, 6.07) is 24.4. The molecule has 0 radical (unpaired) electrons. The van der Waals surface area contributed by atoms with Crippen molar-refractivity contribution in [2.75, 3.05) is 17.7 Å². The highest BCUT2D eigenvalue weighted by molar-refractivity contribution is 7.99. The standard InChI is InChI=1S/C24H24N4OS/c1-3-28-22(16-19-12-9-11-18-10-7-8-15-21(18)19)25-26-24(28)30-17-23(29)27(2)20-13-5-4-6-14-20/h4-15H,3,16-17H2,1-2H3. The molecule has 1 aromatic heterocycles. The van der Waals surface area contributed by atoms with Crippen molar-refractivity contribution in [3.05, 3.63) is 84.2 Å². The molecule has 4 aromatic rings. The lowest BCUT2D eigenvalue weighted by Gasteiger charge is -2.17. The minimum absolute atomic E-state index is 0.0347. The van der Waals surface area contributed by atoms with Gasteiger partial charge in [0.1, 0.15) is 5.82 Å².